The summed E-state index contributed by atoms with van der Waals surface area (Å²) in [7, 11) is 0. The predicted molar refractivity (Wildman–Crippen MR) is 94.0 cm³/mol. The fourth-order valence-electron chi connectivity index (χ4n) is 3.48. The molecule has 3 aromatic rings. The summed E-state index contributed by atoms with van der Waals surface area (Å²) in [5, 5.41) is 7.49. The Labute approximate surface area is 146 Å². The molecule has 2 atom stereocenters. The van der Waals surface area contributed by atoms with Crippen molar-refractivity contribution in [3.05, 3.63) is 72.1 Å². The molecule has 0 aliphatic carbocycles. The second-order valence-electron chi connectivity index (χ2n) is 6.49. The molecule has 1 N–H and O–H groups in total. The summed E-state index contributed by atoms with van der Waals surface area (Å²) >= 11 is 0. The molecule has 2 unspecified atom stereocenters. The number of carbonyl (C=O) groups is 1. The van der Waals surface area contributed by atoms with Gasteiger partial charge in [-0.25, -0.2) is 4.98 Å². The molecule has 0 bridgehead atoms. The number of carbonyl (C=O) groups excluding carboxylic acids is 1. The van der Waals surface area contributed by atoms with E-state index in [1.54, 1.807) is 10.9 Å². The summed E-state index contributed by atoms with van der Waals surface area (Å²) in [6, 6.07) is 11.3. The summed E-state index contributed by atoms with van der Waals surface area (Å²) in [4.78, 5) is 17.6. The quantitative estimate of drug-likeness (QED) is 0.794. The van der Waals surface area contributed by atoms with Crippen molar-refractivity contribution in [3.8, 4) is 0 Å². The van der Waals surface area contributed by atoms with Crippen molar-refractivity contribution < 1.29 is 4.79 Å². The number of nitrogens with zero attached hydrogens (tertiary/aromatic N) is 4. The molecule has 25 heavy (non-hydrogen) atoms. The van der Waals surface area contributed by atoms with Gasteiger partial charge in [-0.1, -0.05) is 30.3 Å². The highest BCUT2D eigenvalue weighted by Gasteiger charge is 2.27. The van der Waals surface area contributed by atoms with Gasteiger partial charge in [0, 0.05) is 37.6 Å². The molecule has 6 nitrogen and oxygen atoms in total. The van der Waals surface area contributed by atoms with Crippen LogP contribution in [0.1, 0.15) is 29.5 Å². The zero-order chi connectivity index (χ0) is 17.2. The number of imidazole rings is 1. The van der Waals surface area contributed by atoms with Crippen molar-refractivity contribution in [2.75, 3.05) is 0 Å². The lowest BCUT2D eigenvalue weighted by molar-refractivity contribution is -0.124. The molecular formula is C19H21N5O. The van der Waals surface area contributed by atoms with Gasteiger partial charge in [-0.3, -0.25) is 9.48 Å². The summed E-state index contributed by atoms with van der Waals surface area (Å²) in [5.41, 5.74) is 1.96. The summed E-state index contributed by atoms with van der Waals surface area (Å²) in [5.74, 6) is 1.08. The van der Waals surface area contributed by atoms with Crippen LogP contribution in [0.2, 0.25) is 0 Å². The van der Waals surface area contributed by atoms with E-state index in [1.165, 1.54) is 0 Å². The maximum Gasteiger partial charge on any atom is 0.249 e. The van der Waals surface area contributed by atoms with Crippen molar-refractivity contribution in [2.45, 2.75) is 38.4 Å². The molecule has 0 radical (unpaired) electrons. The van der Waals surface area contributed by atoms with Crippen molar-refractivity contribution in [2.24, 2.45) is 0 Å². The highest BCUT2D eigenvalue weighted by atomic mass is 16.2. The molecule has 3 heterocycles. The first kappa shape index (κ1) is 15.6. The van der Waals surface area contributed by atoms with Crippen molar-refractivity contribution in [1.29, 1.82) is 0 Å². The van der Waals surface area contributed by atoms with Gasteiger partial charge in [0.05, 0.1) is 5.69 Å². The molecule has 1 aromatic carbocycles. The van der Waals surface area contributed by atoms with Crippen molar-refractivity contribution >= 4 is 5.91 Å². The number of aryl methyl sites for hydroxylation is 2. The Balaban J connectivity index is 1.54. The van der Waals surface area contributed by atoms with Gasteiger partial charge in [0.15, 0.2) is 6.04 Å². The second kappa shape index (κ2) is 6.55. The second-order valence-corrected chi connectivity index (χ2v) is 6.49. The fraction of sp³-hybridized carbons (Fsp3) is 0.316. The maximum atomic E-state index is 13.0. The van der Waals surface area contributed by atoms with Gasteiger partial charge < -0.3 is 9.88 Å². The van der Waals surface area contributed by atoms with Crippen LogP contribution in [0.25, 0.3) is 0 Å². The van der Waals surface area contributed by atoms with Gasteiger partial charge in [0.2, 0.25) is 5.91 Å². The minimum Gasteiger partial charge on any atom is -0.349 e. The molecular weight excluding hydrogens is 314 g/mol. The minimum atomic E-state index is -0.456. The minimum absolute atomic E-state index is 0.0276. The lowest BCUT2D eigenvalue weighted by Crippen LogP contribution is -2.44. The molecule has 0 spiro atoms. The Morgan fingerprint density at radius 2 is 2.12 bits per heavy atom. The molecule has 0 fully saturated rings. The summed E-state index contributed by atoms with van der Waals surface area (Å²) < 4.78 is 3.86. The topological polar surface area (TPSA) is 64.7 Å². The average Bonchev–Trinajstić information content (AvgIpc) is 3.24. The van der Waals surface area contributed by atoms with Crippen LogP contribution in [0.15, 0.2) is 55.0 Å². The average molecular weight is 335 g/mol. The first-order valence-electron chi connectivity index (χ1n) is 8.58. The fourth-order valence-corrected chi connectivity index (χ4v) is 3.48. The van der Waals surface area contributed by atoms with E-state index >= 15 is 0 Å². The number of rotatable bonds is 4. The Bertz CT molecular complexity index is 853. The number of hydrogen-bond donors (Lipinski definition) is 1. The number of fused-ring (bicyclic) bond motifs is 1. The molecule has 6 heteroatoms. The molecule has 1 aliphatic rings. The Morgan fingerprint density at radius 3 is 2.88 bits per heavy atom. The van der Waals surface area contributed by atoms with Crippen LogP contribution >= 0.6 is 0 Å². The highest BCUT2D eigenvalue weighted by Crippen LogP contribution is 2.20. The molecule has 1 aliphatic heterocycles. The van der Waals surface area contributed by atoms with Crippen LogP contribution < -0.4 is 5.32 Å². The van der Waals surface area contributed by atoms with Crippen LogP contribution in [0, 0.1) is 6.92 Å². The maximum absolute atomic E-state index is 13.0. The number of nitrogens with one attached hydrogen (secondary N) is 1. The van der Waals surface area contributed by atoms with E-state index in [-0.39, 0.29) is 11.9 Å². The SMILES string of the molecule is Cc1cn2c(n1)CCC(NC(=O)C(c1ccccc1)n1cccn1)C2. The van der Waals surface area contributed by atoms with E-state index < -0.39 is 6.04 Å². The third-order valence-corrected chi connectivity index (χ3v) is 4.61. The van der Waals surface area contributed by atoms with Gasteiger partial charge in [-0.05, 0) is 25.0 Å². The molecule has 4 rings (SSSR count). The van der Waals surface area contributed by atoms with Gasteiger partial charge in [-0.2, -0.15) is 5.10 Å². The van der Waals surface area contributed by atoms with Crippen LogP contribution in [0.4, 0.5) is 0 Å². The first-order valence-corrected chi connectivity index (χ1v) is 8.58. The number of benzene rings is 1. The zero-order valence-electron chi connectivity index (χ0n) is 14.2. The third-order valence-electron chi connectivity index (χ3n) is 4.61. The van der Waals surface area contributed by atoms with Crippen LogP contribution in [0.3, 0.4) is 0 Å². The highest BCUT2D eigenvalue weighted by molar-refractivity contribution is 5.83. The lowest BCUT2D eigenvalue weighted by atomic mass is 10.0. The van der Waals surface area contributed by atoms with E-state index in [9.17, 15) is 4.79 Å². The molecule has 1 amide bonds. The van der Waals surface area contributed by atoms with E-state index in [1.807, 2.05) is 49.5 Å². The standard InChI is InChI=1S/C19H21N5O/c1-14-12-23-13-16(8-9-17(23)21-14)22-19(25)18(24-11-5-10-20-24)15-6-3-2-4-7-15/h2-7,10-12,16,18H,8-9,13H2,1H3,(H,22,25). The monoisotopic (exact) mass is 335 g/mol. The molecule has 0 saturated carbocycles. The van der Waals surface area contributed by atoms with Gasteiger partial charge in [-0.15, -0.1) is 0 Å². The Kier molecular flexibility index (Phi) is 4.09. The zero-order valence-corrected chi connectivity index (χ0v) is 14.2. The largest absolute Gasteiger partial charge is 0.349 e. The normalized spacial score (nSPS) is 17.7. The van der Waals surface area contributed by atoms with Gasteiger partial charge in [0.1, 0.15) is 5.82 Å². The number of hydrogen-bond acceptors (Lipinski definition) is 3. The molecule has 2 aromatic heterocycles. The molecule has 128 valence electrons. The Hall–Kier alpha value is -2.89. The third kappa shape index (κ3) is 3.20. The van der Waals surface area contributed by atoms with Crippen LogP contribution in [-0.4, -0.2) is 31.3 Å². The van der Waals surface area contributed by atoms with Crippen molar-refractivity contribution in [3.63, 3.8) is 0 Å². The van der Waals surface area contributed by atoms with Gasteiger partial charge >= 0.3 is 0 Å². The lowest BCUT2D eigenvalue weighted by Gasteiger charge is -2.27. The predicted octanol–water partition coefficient (Wildman–Crippen LogP) is 2.11. The number of aromatic nitrogens is 4. The van der Waals surface area contributed by atoms with E-state index in [4.69, 9.17) is 0 Å². The smallest absolute Gasteiger partial charge is 0.249 e. The van der Waals surface area contributed by atoms with Crippen LogP contribution in [0.5, 0.6) is 0 Å². The Morgan fingerprint density at radius 1 is 1.28 bits per heavy atom. The van der Waals surface area contributed by atoms with E-state index in [0.29, 0.717) is 0 Å². The molecule has 0 saturated heterocycles. The first-order chi connectivity index (χ1) is 12.2. The summed E-state index contributed by atoms with van der Waals surface area (Å²) in [6.45, 7) is 2.77. The van der Waals surface area contributed by atoms with E-state index in [0.717, 1.165) is 36.5 Å². The van der Waals surface area contributed by atoms with Crippen molar-refractivity contribution in [1.82, 2.24) is 24.6 Å². The number of amides is 1. The van der Waals surface area contributed by atoms with Crippen LogP contribution in [-0.2, 0) is 17.8 Å². The van der Waals surface area contributed by atoms with E-state index in [2.05, 4.69) is 26.2 Å². The summed E-state index contributed by atoms with van der Waals surface area (Å²) in [6.07, 6.45) is 7.37. The van der Waals surface area contributed by atoms with Gasteiger partial charge in [0.25, 0.3) is 0 Å².